The zero-order chi connectivity index (χ0) is 14.8. The van der Waals surface area contributed by atoms with Crippen molar-refractivity contribution in [2.24, 2.45) is 7.05 Å². The van der Waals surface area contributed by atoms with Gasteiger partial charge < -0.3 is 9.30 Å². The molecular formula is C16H22N4O. The van der Waals surface area contributed by atoms with Crippen LogP contribution in [-0.2, 0) is 18.3 Å². The van der Waals surface area contributed by atoms with Crippen LogP contribution in [0.1, 0.15) is 28.9 Å². The summed E-state index contributed by atoms with van der Waals surface area (Å²) in [4.78, 5) is 11.5. The maximum atomic E-state index is 5.91. The quantitative estimate of drug-likeness (QED) is 0.865. The Morgan fingerprint density at radius 2 is 2.24 bits per heavy atom. The topological polar surface area (TPSA) is 43.2 Å². The van der Waals surface area contributed by atoms with Crippen LogP contribution >= 0.6 is 0 Å². The van der Waals surface area contributed by atoms with Crippen LogP contribution in [0.4, 0.5) is 0 Å². The van der Waals surface area contributed by atoms with Crippen molar-refractivity contribution in [3.63, 3.8) is 0 Å². The molecule has 0 radical (unpaired) electrons. The maximum absolute atomic E-state index is 5.91. The molecule has 3 heterocycles. The van der Waals surface area contributed by atoms with E-state index in [4.69, 9.17) is 4.74 Å². The Bertz CT molecular complexity index is 622. The molecule has 2 aromatic rings. The number of hydrogen-bond acceptors (Lipinski definition) is 4. The van der Waals surface area contributed by atoms with Crippen molar-refractivity contribution in [1.29, 1.82) is 0 Å². The van der Waals surface area contributed by atoms with Crippen molar-refractivity contribution in [3.8, 4) is 0 Å². The van der Waals surface area contributed by atoms with Gasteiger partial charge in [-0.15, -0.1) is 0 Å². The van der Waals surface area contributed by atoms with Crippen LogP contribution in [0.25, 0.3) is 0 Å². The molecule has 1 fully saturated rings. The van der Waals surface area contributed by atoms with Crippen LogP contribution in [0.5, 0.6) is 0 Å². The summed E-state index contributed by atoms with van der Waals surface area (Å²) in [7, 11) is 2.03. The van der Waals surface area contributed by atoms with Crippen molar-refractivity contribution in [3.05, 3.63) is 47.3 Å². The van der Waals surface area contributed by atoms with Gasteiger partial charge in [0, 0.05) is 39.1 Å². The molecule has 2 aromatic heterocycles. The van der Waals surface area contributed by atoms with Gasteiger partial charge in [-0.25, -0.2) is 4.98 Å². The van der Waals surface area contributed by atoms with Gasteiger partial charge in [-0.2, -0.15) is 0 Å². The Balaban J connectivity index is 1.71. The number of morpholine rings is 1. The molecule has 0 N–H and O–H groups in total. The molecule has 112 valence electrons. The number of aromatic nitrogens is 3. The van der Waals surface area contributed by atoms with Crippen LogP contribution in [0.15, 0.2) is 24.5 Å². The first-order valence-electron chi connectivity index (χ1n) is 7.38. The van der Waals surface area contributed by atoms with E-state index in [1.807, 2.05) is 32.4 Å². The van der Waals surface area contributed by atoms with E-state index in [0.29, 0.717) is 0 Å². The maximum Gasteiger partial charge on any atom is 0.139 e. The Kier molecular flexibility index (Phi) is 4.03. The van der Waals surface area contributed by atoms with E-state index in [0.717, 1.165) is 43.5 Å². The fourth-order valence-corrected chi connectivity index (χ4v) is 2.83. The van der Waals surface area contributed by atoms with Crippen LogP contribution in [0.2, 0.25) is 0 Å². The van der Waals surface area contributed by atoms with Crippen molar-refractivity contribution in [2.45, 2.75) is 26.5 Å². The Labute approximate surface area is 125 Å². The minimum atomic E-state index is 0.0430. The molecule has 0 saturated carbocycles. The molecule has 0 bridgehead atoms. The SMILES string of the molecule is Cc1cn(C)c(C2CN(Cc3ncccc3C)CCO2)n1. The van der Waals surface area contributed by atoms with E-state index in [1.54, 1.807) is 0 Å². The molecule has 1 saturated heterocycles. The van der Waals surface area contributed by atoms with Gasteiger partial charge in [0.15, 0.2) is 0 Å². The fraction of sp³-hybridized carbons (Fsp3) is 0.500. The molecule has 0 aromatic carbocycles. The third-order valence-corrected chi connectivity index (χ3v) is 3.96. The second-order valence-corrected chi connectivity index (χ2v) is 5.71. The number of nitrogens with zero attached hydrogens (tertiary/aromatic N) is 4. The van der Waals surface area contributed by atoms with E-state index < -0.39 is 0 Å². The summed E-state index contributed by atoms with van der Waals surface area (Å²) in [6.45, 7) is 7.54. The predicted molar refractivity (Wildman–Crippen MR) is 80.9 cm³/mol. The van der Waals surface area contributed by atoms with Gasteiger partial charge in [-0.05, 0) is 25.5 Å². The summed E-state index contributed by atoms with van der Waals surface area (Å²) in [5.74, 6) is 1.01. The fourth-order valence-electron chi connectivity index (χ4n) is 2.83. The second-order valence-electron chi connectivity index (χ2n) is 5.71. The third kappa shape index (κ3) is 3.14. The van der Waals surface area contributed by atoms with Crippen LogP contribution in [0, 0.1) is 13.8 Å². The highest BCUT2D eigenvalue weighted by atomic mass is 16.5. The summed E-state index contributed by atoms with van der Waals surface area (Å²) in [6.07, 6.45) is 3.95. The highest BCUT2D eigenvalue weighted by Gasteiger charge is 2.25. The summed E-state index contributed by atoms with van der Waals surface area (Å²) in [5, 5.41) is 0. The largest absolute Gasteiger partial charge is 0.368 e. The van der Waals surface area contributed by atoms with E-state index in [-0.39, 0.29) is 6.10 Å². The minimum absolute atomic E-state index is 0.0430. The molecule has 3 rings (SSSR count). The molecule has 1 atom stereocenters. The molecule has 5 heteroatoms. The van der Waals surface area contributed by atoms with Gasteiger partial charge in [0.25, 0.3) is 0 Å². The lowest BCUT2D eigenvalue weighted by molar-refractivity contribution is -0.0388. The molecule has 1 aliphatic rings. The molecule has 5 nitrogen and oxygen atoms in total. The van der Waals surface area contributed by atoms with Crippen molar-refractivity contribution < 1.29 is 4.74 Å². The first-order valence-corrected chi connectivity index (χ1v) is 7.38. The first kappa shape index (κ1) is 14.2. The van der Waals surface area contributed by atoms with E-state index >= 15 is 0 Å². The van der Waals surface area contributed by atoms with Crippen LogP contribution < -0.4 is 0 Å². The summed E-state index contributed by atoms with van der Waals surface area (Å²) in [5.41, 5.74) is 3.43. The van der Waals surface area contributed by atoms with Gasteiger partial charge in [0.05, 0.1) is 18.0 Å². The number of pyridine rings is 1. The van der Waals surface area contributed by atoms with Crippen LogP contribution in [0.3, 0.4) is 0 Å². The van der Waals surface area contributed by atoms with Crippen molar-refractivity contribution >= 4 is 0 Å². The zero-order valence-corrected chi connectivity index (χ0v) is 12.9. The molecule has 1 unspecified atom stereocenters. The second kappa shape index (κ2) is 5.95. The van der Waals surface area contributed by atoms with Crippen LogP contribution in [-0.4, -0.2) is 39.1 Å². The van der Waals surface area contributed by atoms with E-state index in [2.05, 4.69) is 32.4 Å². The number of imidazole rings is 1. The molecule has 21 heavy (non-hydrogen) atoms. The molecule has 1 aliphatic heterocycles. The predicted octanol–water partition coefficient (Wildman–Crippen LogP) is 2.01. The molecule has 0 spiro atoms. The number of aryl methyl sites for hydroxylation is 3. The lowest BCUT2D eigenvalue weighted by atomic mass is 10.2. The minimum Gasteiger partial charge on any atom is -0.368 e. The molecular weight excluding hydrogens is 264 g/mol. The van der Waals surface area contributed by atoms with Crippen molar-refractivity contribution in [1.82, 2.24) is 19.4 Å². The number of rotatable bonds is 3. The molecule has 0 amide bonds. The van der Waals surface area contributed by atoms with Gasteiger partial charge >= 0.3 is 0 Å². The number of hydrogen-bond donors (Lipinski definition) is 0. The Hall–Kier alpha value is -1.72. The van der Waals surface area contributed by atoms with Gasteiger partial charge in [-0.3, -0.25) is 9.88 Å². The zero-order valence-electron chi connectivity index (χ0n) is 12.9. The summed E-state index contributed by atoms with van der Waals surface area (Å²) < 4.78 is 7.98. The smallest absolute Gasteiger partial charge is 0.139 e. The van der Waals surface area contributed by atoms with E-state index in [1.165, 1.54) is 5.56 Å². The highest BCUT2D eigenvalue weighted by Crippen LogP contribution is 2.22. The Morgan fingerprint density at radius 1 is 1.38 bits per heavy atom. The summed E-state index contributed by atoms with van der Waals surface area (Å²) >= 11 is 0. The van der Waals surface area contributed by atoms with Gasteiger partial charge in [0.1, 0.15) is 11.9 Å². The van der Waals surface area contributed by atoms with E-state index in [9.17, 15) is 0 Å². The first-order chi connectivity index (χ1) is 10.1. The highest BCUT2D eigenvalue weighted by molar-refractivity contribution is 5.17. The standard InChI is InChI=1S/C16H22N4O/c1-12-5-4-6-17-14(12)10-20-7-8-21-15(11-20)16-18-13(2)9-19(16)3/h4-6,9,15H,7-8,10-11H2,1-3H3. The van der Waals surface area contributed by atoms with Gasteiger partial charge in [0.2, 0.25) is 0 Å². The average Bonchev–Trinajstić information content (AvgIpc) is 2.81. The third-order valence-electron chi connectivity index (χ3n) is 3.96. The Morgan fingerprint density at radius 3 is 2.95 bits per heavy atom. The van der Waals surface area contributed by atoms with Gasteiger partial charge in [-0.1, -0.05) is 6.07 Å². The number of ether oxygens (including phenoxy) is 1. The lowest BCUT2D eigenvalue weighted by Gasteiger charge is -2.32. The lowest BCUT2D eigenvalue weighted by Crippen LogP contribution is -2.39. The monoisotopic (exact) mass is 286 g/mol. The summed E-state index contributed by atoms with van der Waals surface area (Å²) in [6, 6.07) is 4.10. The normalized spacial score (nSPS) is 19.9. The average molecular weight is 286 g/mol. The molecule has 0 aliphatic carbocycles. The van der Waals surface area contributed by atoms with Crippen molar-refractivity contribution in [2.75, 3.05) is 19.7 Å².